The summed E-state index contributed by atoms with van der Waals surface area (Å²) < 4.78 is 65.2. The molecule has 1 rings (SSSR count). The molecular weight excluding hydrogens is 327 g/mol. The van der Waals surface area contributed by atoms with E-state index in [1.54, 1.807) is 0 Å². The van der Waals surface area contributed by atoms with E-state index in [1.165, 1.54) is 0 Å². The van der Waals surface area contributed by atoms with Gasteiger partial charge in [0.05, 0.1) is 29.9 Å². The van der Waals surface area contributed by atoms with E-state index < -0.39 is 54.6 Å². The lowest BCUT2D eigenvalue weighted by atomic mass is 10.3. The minimum absolute atomic E-state index is 0.428. The van der Waals surface area contributed by atoms with E-state index in [0.29, 0.717) is 0 Å². The molecule has 0 saturated carbocycles. The Balaban J connectivity index is 2.99. The van der Waals surface area contributed by atoms with Gasteiger partial charge in [-0.15, -0.1) is 0 Å². The van der Waals surface area contributed by atoms with Gasteiger partial charge in [0.15, 0.2) is 0 Å². The summed E-state index contributed by atoms with van der Waals surface area (Å²) in [5, 5.41) is 4.87. The first kappa shape index (κ1) is 17.3. The van der Waals surface area contributed by atoms with Crippen LogP contribution in [0.15, 0.2) is 23.1 Å². The quantitative estimate of drug-likeness (QED) is 0.688. The number of carbonyl (C=O) groups is 1. The Morgan fingerprint density at radius 3 is 2.48 bits per heavy atom. The van der Waals surface area contributed by atoms with Gasteiger partial charge in [-0.1, -0.05) is 0 Å². The van der Waals surface area contributed by atoms with Gasteiger partial charge in [-0.3, -0.25) is 9.52 Å². The summed E-state index contributed by atoms with van der Waals surface area (Å²) in [5.74, 6) is -2.37. The number of benzene rings is 1. The topological polar surface area (TPSA) is 133 Å². The third-order valence-corrected chi connectivity index (χ3v) is 4.52. The number of sulfonamides is 2. The fourth-order valence-electron chi connectivity index (χ4n) is 1.30. The Morgan fingerprint density at radius 1 is 1.33 bits per heavy atom. The van der Waals surface area contributed by atoms with Gasteiger partial charge in [0.2, 0.25) is 20.0 Å². The van der Waals surface area contributed by atoms with Gasteiger partial charge in [0.25, 0.3) is 0 Å². The lowest BCUT2D eigenvalue weighted by Crippen LogP contribution is -2.20. The molecule has 3 N–H and O–H groups in total. The highest BCUT2D eigenvalue weighted by atomic mass is 32.2. The van der Waals surface area contributed by atoms with E-state index in [1.807, 2.05) is 4.72 Å². The molecule has 0 bridgehead atoms. The minimum Gasteiger partial charge on any atom is -0.469 e. The molecule has 0 aliphatic rings. The van der Waals surface area contributed by atoms with Crippen LogP contribution in [0, 0.1) is 5.82 Å². The van der Waals surface area contributed by atoms with Crippen molar-refractivity contribution >= 4 is 31.7 Å². The van der Waals surface area contributed by atoms with Crippen LogP contribution in [0.5, 0.6) is 0 Å². The Bertz CT molecular complexity index is 745. The van der Waals surface area contributed by atoms with E-state index >= 15 is 0 Å². The molecule has 11 heteroatoms. The minimum atomic E-state index is -4.10. The van der Waals surface area contributed by atoms with Crippen LogP contribution in [0.1, 0.15) is 6.42 Å². The van der Waals surface area contributed by atoms with Crippen LogP contribution < -0.4 is 9.86 Å². The standard InChI is InChI=1S/C10H13FN2O6S2/c1-19-10(14)4-5-20(15,16)13-9-6-7(21(12,17)18)2-3-8(9)11/h2-3,6,13H,4-5H2,1H3,(H2,12,17,18). The summed E-state index contributed by atoms with van der Waals surface area (Å²) in [5.41, 5.74) is -0.577. The SMILES string of the molecule is COC(=O)CCS(=O)(=O)Nc1cc(S(N)(=O)=O)ccc1F. The normalized spacial score (nSPS) is 12.0. The highest BCUT2D eigenvalue weighted by Gasteiger charge is 2.18. The Hall–Kier alpha value is -1.72. The van der Waals surface area contributed by atoms with E-state index in [9.17, 15) is 26.0 Å². The number of hydrogen-bond acceptors (Lipinski definition) is 6. The lowest BCUT2D eigenvalue weighted by Gasteiger charge is -2.09. The van der Waals surface area contributed by atoms with Crippen molar-refractivity contribution in [2.45, 2.75) is 11.3 Å². The molecule has 0 aromatic heterocycles. The molecule has 0 saturated heterocycles. The van der Waals surface area contributed by atoms with Gasteiger partial charge in [0.1, 0.15) is 5.82 Å². The van der Waals surface area contributed by atoms with Crippen LogP contribution in [0.3, 0.4) is 0 Å². The van der Waals surface area contributed by atoms with Crippen molar-refractivity contribution in [3.8, 4) is 0 Å². The third kappa shape index (κ3) is 5.28. The van der Waals surface area contributed by atoms with Gasteiger partial charge < -0.3 is 4.74 Å². The maximum atomic E-state index is 13.5. The number of ether oxygens (including phenoxy) is 1. The first-order valence-electron chi connectivity index (χ1n) is 5.45. The number of esters is 1. The zero-order chi connectivity index (χ0) is 16.3. The highest BCUT2D eigenvalue weighted by Crippen LogP contribution is 2.20. The molecule has 8 nitrogen and oxygen atoms in total. The number of carbonyl (C=O) groups excluding carboxylic acids is 1. The molecule has 0 amide bonds. The monoisotopic (exact) mass is 340 g/mol. The summed E-state index contributed by atoms with van der Waals surface area (Å²) in [6, 6.07) is 2.41. The summed E-state index contributed by atoms with van der Waals surface area (Å²) >= 11 is 0. The van der Waals surface area contributed by atoms with Gasteiger partial charge in [-0.05, 0) is 18.2 Å². The molecule has 21 heavy (non-hydrogen) atoms. The number of anilines is 1. The molecule has 0 fully saturated rings. The van der Waals surface area contributed by atoms with Gasteiger partial charge in [-0.2, -0.15) is 0 Å². The molecule has 1 aromatic rings. The predicted octanol–water partition coefficient (Wildman–Crippen LogP) is -0.222. The molecule has 0 aliphatic carbocycles. The summed E-state index contributed by atoms with van der Waals surface area (Å²) in [7, 11) is -7.06. The fraction of sp³-hybridized carbons (Fsp3) is 0.300. The first-order valence-corrected chi connectivity index (χ1v) is 8.64. The summed E-state index contributed by atoms with van der Waals surface area (Å²) in [6.07, 6.45) is -0.428. The number of nitrogens with two attached hydrogens (primary N) is 1. The second-order valence-electron chi connectivity index (χ2n) is 3.93. The Labute approximate surface area is 121 Å². The van der Waals surface area contributed by atoms with Crippen LogP contribution in [0.4, 0.5) is 10.1 Å². The van der Waals surface area contributed by atoms with Crippen molar-refractivity contribution in [1.82, 2.24) is 0 Å². The van der Waals surface area contributed by atoms with E-state index in [0.717, 1.165) is 25.3 Å². The van der Waals surface area contributed by atoms with Crippen LogP contribution in [-0.4, -0.2) is 35.7 Å². The van der Waals surface area contributed by atoms with E-state index in [-0.39, 0.29) is 0 Å². The maximum Gasteiger partial charge on any atom is 0.306 e. The molecule has 0 unspecified atom stereocenters. The van der Waals surface area contributed by atoms with Crippen LogP contribution in [-0.2, 0) is 29.6 Å². The molecule has 1 aromatic carbocycles. The molecule has 118 valence electrons. The number of halogens is 1. The second kappa shape index (κ2) is 6.37. The van der Waals surface area contributed by atoms with Gasteiger partial charge in [-0.25, -0.2) is 26.4 Å². The maximum absolute atomic E-state index is 13.5. The van der Waals surface area contributed by atoms with E-state index in [4.69, 9.17) is 5.14 Å². The van der Waals surface area contributed by atoms with Crippen molar-refractivity contribution in [3.63, 3.8) is 0 Å². The molecular formula is C10H13FN2O6S2. The van der Waals surface area contributed by atoms with E-state index in [2.05, 4.69) is 4.74 Å². The number of hydrogen-bond donors (Lipinski definition) is 2. The lowest BCUT2D eigenvalue weighted by molar-refractivity contribution is -0.140. The largest absolute Gasteiger partial charge is 0.469 e. The molecule has 0 atom stereocenters. The van der Waals surface area contributed by atoms with Crippen LogP contribution >= 0.6 is 0 Å². The predicted molar refractivity (Wildman–Crippen MR) is 71.8 cm³/mol. The molecule has 0 aliphatic heterocycles. The Morgan fingerprint density at radius 2 is 1.95 bits per heavy atom. The molecule has 0 spiro atoms. The Kier molecular flexibility index (Phi) is 5.25. The third-order valence-electron chi connectivity index (χ3n) is 2.33. The second-order valence-corrected chi connectivity index (χ2v) is 7.34. The number of nitrogens with one attached hydrogen (secondary N) is 1. The highest BCUT2D eigenvalue weighted by molar-refractivity contribution is 7.92. The summed E-state index contributed by atoms with van der Waals surface area (Å²) in [6.45, 7) is 0. The number of primary sulfonamides is 1. The van der Waals surface area contributed by atoms with Crippen molar-refractivity contribution in [2.24, 2.45) is 5.14 Å². The zero-order valence-corrected chi connectivity index (χ0v) is 12.5. The van der Waals surface area contributed by atoms with Gasteiger partial charge in [0, 0.05) is 0 Å². The zero-order valence-electron chi connectivity index (χ0n) is 10.9. The number of rotatable bonds is 6. The average Bonchev–Trinajstić information content (AvgIpc) is 2.37. The fourth-order valence-corrected chi connectivity index (χ4v) is 2.87. The van der Waals surface area contributed by atoms with Crippen LogP contribution in [0.25, 0.3) is 0 Å². The molecule has 0 heterocycles. The van der Waals surface area contributed by atoms with Crippen LogP contribution in [0.2, 0.25) is 0 Å². The van der Waals surface area contributed by atoms with Crippen molar-refractivity contribution < 1.29 is 30.8 Å². The van der Waals surface area contributed by atoms with Crippen molar-refractivity contribution in [2.75, 3.05) is 17.6 Å². The van der Waals surface area contributed by atoms with Gasteiger partial charge >= 0.3 is 5.97 Å². The number of methoxy groups -OCH3 is 1. The average molecular weight is 340 g/mol. The first-order chi connectivity index (χ1) is 9.55. The van der Waals surface area contributed by atoms with Crippen molar-refractivity contribution in [1.29, 1.82) is 0 Å². The molecule has 0 radical (unpaired) electrons. The smallest absolute Gasteiger partial charge is 0.306 e. The van der Waals surface area contributed by atoms with Crippen molar-refractivity contribution in [3.05, 3.63) is 24.0 Å². The summed E-state index contributed by atoms with van der Waals surface area (Å²) in [4.78, 5) is 10.4.